The number of halogens is 7. The molecule has 6 bridgehead atoms. The first-order chi connectivity index (χ1) is 29.1. The molecule has 61 heavy (non-hydrogen) atoms. The van der Waals surface area contributed by atoms with Crippen molar-refractivity contribution in [3.63, 3.8) is 0 Å². The molecule has 326 valence electrons. The molecule has 0 spiro atoms. The smallest absolute Gasteiger partial charge is 0.416 e. The summed E-state index contributed by atoms with van der Waals surface area (Å²) in [6.07, 6.45) is -8.45. The lowest BCUT2D eigenvalue weighted by Crippen LogP contribution is -2.60. The number of alkyl halides is 5. The van der Waals surface area contributed by atoms with E-state index < -0.39 is 72.7 Å². The van der Waals surface area contributed by atoms with Gasteiger partial charge in [0.1, 0.15) is 47.5 Å². The molecule has 8 heterocycles. The Morgan fingerprint density at radius 3 is 2.67 bits per heavy atom. The number of aromatic nitrogens is 3. The van der Waals surface area contributed by atoms with Crippen molar-refractivity contribution in [1.82, 2.24) is 30.1 Å². The molecule has 2 amide bonds. The number of anilines is 1. The highest BCUT2D eigenvalue weighted by molar-refractivity contribution is 6.02. The van der Waals surface area contributed by atoms with Crippen LogP contribution in [-0.4, -0.2) is 132 Å². The molecule has 4 saturated heterocycles. The number of ether oxygens (including phenoxy) is 4. The number of carbonyl (C=O) groups excluding carboxylic acids is 2. The predicted octanol–water partition coefficient (Wildman–Crippen LogP) is 6.82. The first-order valence-electron chi connectivity index (χ1n) is 20.2. The summed E-state index contributed by atoms with van der Waals surface area (Å²) in [7, 11) is 0. The molecule has 2 aromatic carbocycles. The number of hydrogen-bond donors (Lipinski definition) is 1. The standard InChI is InChI=1S/C41H42F7N7O6/c1-39-14-23(42)17-54(20-39)35-28-16-49-33(32(45)34(28)50-36(51-35)60-21-40-7-3-8-55(40)18-24(43)15-40)27-13-25(61-38(57)53-9-11-58-30(19-53)41(46,47)48)12-22-5-6-29(44)26(31(22)27)4-2-10-59-37(56)52-39/h5-6,12-13,16,23-24,30H,2-4,7-11,14-15,17-21H2,1H3,(H,52,56)/t23-,24-,30+,39-,40+/m1/s1. The van der Waals surface area contributed by atoms with E-state index in [-0.39, 0.29) is 121 Å². The highest BCUT2D eigenvalue weighted by Gasteiger charge is 2.50. The van der Waals surface area contributed by atoms with Crippen molar-refractivity contribution in [2.24, 2.45) is 0 Å². The van der Waals surface area contributed by atoms with E-state index in [1.165, 1.54) is 29.3 Å². The number of rotatable bonds is 4. The van der Waals surface area contributed by atoms with Gasteiger partial charge in [-0.1, -0.05) is 6.07 Å². The van der Waals surface area contributed by atoms with Gasteiger partial charge in [-0.05, 0) is 73.7 Å². The van der Waals surface area contributed by atoms with Gasteiger partial charge in [-0.2, -0.15) is 23.1 Å². The molecule has 5 atom stereocenters. The third-order valence-electron chi connectivity index (χ3n) is 12.3. The van der Waals surface area contributed by atoms with Gasteiger partial charge in [0.2, 0.25) is 0 Å². The van der Waals surface area contributed by atoms with E-state index in [0.717, 1.165) is 17.4 Å². The number of morpholine rings is 1. The zero-order valence-corrected chi connectivity index (χ0v) is 33.0. The fraction of sp³-hybridized carbons (Fsp3) is 0.537. The lowest BCUT2D eigenvalue weighted by atomic mass is 9.90. The molecule has 0 unspecified atom stereocenters. The van der Waals surface area contributed by atoms with Gasteiger partial charge >= 0.3 is 24.4 Å². The average Bonchev–Trinajstić information content (AvgIpc) is 3.73. The second-order valence-corrected chi connectivity index (χ2v) is 16.8. The summed E-state index contributed by atoms with van der Waals surface area (Å²) in [5, 5.41) is 3.25. The maximum Gasteiger partial charge on any atom is 0.416 e. The number of carbonyl (C=O) groups is 2. The normalized spacial score (nSPS) is 27.3. The Morgan fingerprint density at radius 1 is 1.03 bits per heavy atom. The molecule has 10 rings (SSSR count). The van der Waals surface area contributed by atoms with Gasteiger partial charge in [-0.25, -0.2) is 27.2 Å². The molecule has 4 aromatic rings. The summed E-state index contributed by atoms with van der Waals surface area (Å²) in [5.74, 6) is -1.86. The number of nitrogens with zero attached hydrogens (tertiary/aromatic N) is 6. The van der Waals surface area contributed by atoms with Gasteiger partial charge < -0.3 is 34.1 Å². The van der Waals surface area contributed by atoms with Crippen LogP contribution in [-0.2, 0) is 15.9 Å². The van der Waals surface area contributed by atoms with Crippen molar-refractivity contribution in [1.29, 1.82) is 0 Å². The topological polar surface area (TPSA) is 131 Å². The number of aryl methyl sites for hydroxylation is 1. The molecule has 6 aliphatic rings. The monoisotopic (exact) mass is 861 g/mol. The molecule has 4 fully saturated rings. The quantitative estimate of drug-likeness (QED) is 0.217. The number of amides is 2. The van der Waals surface area contributed by atoms with Crippen LogP contribution in [0.15, 0.2) is 30.5 Å². The van der Waals surface area contributed by atoms with E-state index in [2.05, 4.69) is 20.3 Å². The number of hydrogen-bond acceptors (Lipinski definition) is 11. The molecule has 0 radical (unpaired) electrons. The lowest BCUT2D eigenvalue weighted by Gasteiger charge is -2.42. The zero-order chi connectivity index (χ0) is 42.8. The summed E-state index contributed by atoms with van der Waals surface area (Å²) in [5.41, 5.74) is -2.44. The van der Waals surface area contributed by atoms with Crippen molar-refractivity contribution in [3.05, 3.63) is 47.7 Å². The zero-order valence-electron chi connectivity index (χ0n) is 33.0. The number of fused-ring (bicyclic) bond motifs is 7. The molecular formula is C41H42F7N7O6. The Bertz CT molecular complexity index is 2390. The number of benzene rings is 2. The van der Waals surface area contributed by atoms with Crippen LogP contribution in [0.25, 0.3) is 32.9 Å². The van der Waals surface area contributed by atoms with Crippen LogP contribution in [0.3, 0.4) is 0 Å². The first-order valence-corrected chi connectivity index (χ1v) is 20.2. The van der Waals surface area contributed by atoms with E-state index in [4.69, 9.17) is 18.9 Å². The third kappa shape index (κ3) is 7.92. The van der Waals surface area contributed by atoms with E-state index in [0.29, 0.717) is 13.0 Å². The summed E-state index contributed by atoms with van der Waals surface area (Å²) in [4.78, 5) is 44.5. The van der Waals surface area contributed by atoms with Crippen molar-refractivity contribution in [2.45, 2.75) is 81.2 Å². The molecule has 2 aromatic heterocycles. The van der Waals surface area contributed by atoms with Crippen LogP contribution in [0.1, 0.15) is 44.6 Å². The Balaban J connectivity index is 1.19. The van der Waals surface area contributed by atoms with Crippen LogP contribution in [0.4, 0.5) is 46.1 Å². The van der Waals surface area contributed by atoms with Crippen LogP contribution >= 0.6 is 0 Å². The Labute approximate surface area is 344 Å². The van der Waals surface area contributed by atoms with E-state index in [9.17, 15) is 27.2 Å². The molecule has 1 N–H and O–H groups in total. The van der Waals surface area contributed by atoms with E-state index in [1.807, 2.05) is 4.90 Å². The fourth-order valence-electron chi connectivity index (χ4n) is 9.61. The minimum Gasteiger partial charge on any atom is -0.461 e. The van der Waals surface area contributed by atoms with Crippen LogP contribution < -0.4 is 19.7 Å². The van der Waals surface area contributed by atoms with Gasteiger partial charge in [0.25, 0.3) is 0 Å². The fourth-order valence-corrected chi connectivity index (χ4v) is 9.61. The van der Waals surface area contributed by atoms with Crippen molar-refractivity contribution in [2.75, 3.05) is 64.0 Å². The second-order valence-electron chi connectivity index (χ2n) is 16.8. The molecule has 6 aliphatic heterocycles. The van der Waals surface area contributed by atoms with Gasteiger partial charge in [-0.3, -0.25) is 9.88 Å². The Morgan fingerprint density at radius 2 is 1.85 bits per heavy atom. The molecule has 0 saturated carbocycles. The van der Waals surface area contributed by atoms with Gasteiger partial charge in [0.15, 0.2) is 11.9 Å². The molecular weight excluding hydrogens is 819 g/mol. The number of alkyl carbamates (subject to hydrolysis) is 1. The minimum absolute atomic E-state index is 0.0102. The lowest BCUT2D eigenvalue weighted by molar-refractivity contribution is -0.234. The van der Waals surface area contributed by atoms with Gasteiger partial charge in [0, 0.05) is 44.2 Å². The predicted molar refractivity (Wildman–Crippen MR) is 205 cm³/mol. The van der Waals surface area contributed by atoms with Gasteiger partial charge in [-0.15, -0.1) is 0 Å². The number of nitrogens with one attached hydrogen (secondary N) is 1. The molecule has 0 aliphatic carbocycles. The minimum atomic E-state index is -4.73. The summed E-state index contributed by atoms with van der Waals surface area (Å²) in [6.45, 7) is 0.804. The van der Waals surface area contributed by atoms with Crippen molar-refractivity contribution < 1.29 is 59.3 Å². The van der Waals surface area contributed by atoms with E-state index in [1.54, 1.807) is 6.92 Å². The summed E-state index contributed by atoms with van der Waals surface area (Å²) < 4.78 is 126. The first kappa shape index (κ1) is 41.1. The summed E-state index contributed by atoms with van der Waals surface area (Å²) >= 11 is 0. The highest BCUT2D eigenvalue weighted by Crippen LogP contribution is 2.43. The summed E-state index contributed by atoms with van der Waals surface area (Å²) in [6, 6.07) is 4.87. The molecule has 13 nitrogen and oxygen atoms in total. The number of piperidine rings is 1. The number of pyridine rings is 1. The average molecular weight is 862 g/mol. The van der Waals surface area contributed by atoms with Gasteiger partial charge in [0.05, 0.1) is 42.8 Å². The van der Waals surface area contributed by atoms with E-state index >= 15 is 13.2 Å². The SMILES string of the molecule is C[C@@]12C[C@@H](F)CN(C1)c1nc(OC[C@@]34CCCN3C[C@H](F)C4)nc3c(F)c(ncc13)-c1cc(OC(=O)N3CCO[C@H](C(F)(F)F)C3)cc3ccc(F)c(c13)CCCOC(=O)N2. The third-order valence-corrected chi connectivity index (χ3v) is 12.3. The van der Waals surface area contributed by atoms with Crippen LogP contribution in [0.5, 0.6) is 11.8 Å². The van der Waals surface area contributed by atoms with Crippen molar-refractivity contribution >= 4 is 39.7 Å². The maximum atomic E-state index is 17.5. The van der Waals surface area contributed by atoms with Crippen LogP contribution in [0, 0.1) is 11.6 Å². The largest absolute Gasteiger partial charge is 0.461 e. The van der Waals surface area contributed by atoms with Crippen molar-refractivity contribution in [3.8, 4) is 23.0 Å². The second kappa shape index (κ2) is 15.6. The Kier molecular flexibility index (Phi) is 10.5. The Hall–Kier alpha value is -5.24. The highest BCUT2D eigenvalue weighted by atomic mass is 19.4. The van der Waals surface area contributed by atoms with Crippen LogP contribution in [0.2, 0.25) is 0 Å². The maximum absolute atomic E-state index is 17.5. The molecule has 20 heteroatoms.